The van der Waals surface area contributed by atoms with Crippen molar-refractivity contribution in [1.82, 2.24) is 0 Å². The van der Waals surface area contributed by atoms with Gasteiger partial charge in [-0.1, -0.05) is 91.0 Å². The molecule has 0 heterocycles. The van der Waals surface area contributed by atoms with Crippen LogP contribution in [0.25, 0.3) is 43.4 Å². The smallest absolute Gasteiger partial charge is 0.00268 e. The van der Waals surface area contributed by atoms with Crippen LogP contribution in [0.1, 0.15) is 0 Å². The summed E-state index contributed by atoms with van der Waals surface area (Å²) in [6.45, 7) is 0. The van der Waals surface area contributed by atoms with Gasteiger partial charge in [0.1, 0.15) is 0 Å². The number of hydrogen-bond donors (Lipinski definition) is 0. The highest BCUT2D eigenvalue weighted by Gasteiger charge is 2.08. The van der Waals surface area contributed by atoms with Crippen molar-refractivity contribution in [2.45, 2.75) is 0 Å². The Hall–Kier alpha value is -3.12. The Bertz CT molecular complexity index is 1200. The van der Waals surface area contributed by atoms with Crippen LogP contribution in [-0.4, -0.2) is 0 Å². The lowest BCUT2D eigenvalue weighted by molar-refractivity contribution is 1.69. The molecule has 0 heteroatoms. The highest BCUT2D eigenvalue weighted by Crippen LogP contribution is 2.35. The average Bonchev–Trinajstić information content (AvgIpc) is 2.67. The van der Waals surface area contributed by atoms with Gasteiger partial charge in [-0.3, -0.25) is 0 Å². The molecule has 0 spiro atoms. The summed E-state index contributed by atoms with van der Waals surface area (Å²) in [5.74, 6) is 0. The van der Waals surface area contributed by atoms with Gasteiger partial charge in [-0.05, 0) is 49.5 Å². The Morgan fingerprint density at radius 3 is 2.00 bits per heavy atom. The summed E-state index contributed by atoms with van der Waals surface area (Å²) in [5, 5.41) is 7.81. The molecule has 5 rings (SSSR count). The van der Waals surface area contributed by atoms with E-state index >= 15 is 0 Å². The highest BCUT2D eigenvalue weighted by atomic mass is 14.1. The van der Waals surface area contributed by atoms with E-state index in [2.05, 4.69) is 97.1 Å². The van der Waals surface area contributed by atoms with E-state index in [1.54, 1.807) is 0 Å². The summed E-state index contributed by atoms with van der Waals surface area (Å²) in [6.07, 6.45) is 0. The van der Waals surface area contributed by atoms with Crippen molar-refractivity contribution in [2.75, 3.05) is 0 Å². The summed E-state index contributed by atoms with van der Waals surface area (Å²) in [5.41, 5.74) is 2.57. The van der Waals surface area contributed by atoms with Gasteiger partial charge >= 0.3 is 0 Å². The van der Waals surface area contributed by atoms with Gasteiger partial charge in [0.2, 0.25) is 0 Å². The number of rotatable bonds is 1. The van der Waals surface area contributed by atoms with Crippen molar-refractivity contribution in [3.63, 3.8) is 0 Å². The Morgan fingerprint density at radius 2 is 1.08 bits per heavy atom. The van der Waals surface area contributed by atoms with Gasteiger partial charge in [0, 0.05) is 0 Å². The molecule has 0 aliphatic heterocycles. The maximum absolute atomic E-state index is 2.30. The van der Waals surface area contributed by atoms with Gasteiger partial charge in [-0.25, -0.2) is 0 Å². The lowest BCUT2D eigenvalue weighted by Gasteiger charge is -2.11. The molecule has 0 fully saturated rings. The first-order valence-electron chi connectivity index (χ1n) is 8.30. The van der Waals surface area contributed by atoms with Gasteiger partial charge in [0.05, 0.1) is 0 Å². The summed E-state index contributed by atoms with van der Waals surface area (Å²) < 4.78 is 0. The Morgan fingerprint density at radius 1 is 0.417 bits per heavy atom. The van der Waals surface area contributed by atoms with Crippen LogP contribution in [0.2, 0.25) is 0 Å². The quantitative estimate of drug-likeness (QED) is 0.298. The van der Waals surface area contributed by atoms with Crippen molar-refractivity contribution < 1.29 is 0 Å². The van der Waals surface area contributed by atoms with E-state index in [1.807, 2.05) is 0 Å². The highest BCUT2D eigenvalue weighted by molar-refractivity contribution is 6.14. The van der Waals surface area contributed by atoms with E-state index in [-0.39, 0.29) is 0 Å². The number of fused-ring (bicyclic) bond motifs is 4. The minimum absolute atomic E-state index is 1.27. The van der Waals surface area contributed by atoms with Gasteiger partial charge in [-0.15, -0.1) is 0 Å². The fourth-order valence-electron chi connectivity index (χ4n) is 3.66. The topological polar surface area (TPSA) is 0 Å². The summed E-state index contributed by atoms with van der Waals surface area (Å²) in [4.78, 5) is 0. The van der Waals surface area contributed by atoms with E-state index in [1.165, 1.54) is 43.4 Å². The third-order valence-electron chi connectivity index (χ3n) is 4.83. The van der Waals surface area contributed by atoms with E-state index in [0.717, 1.165) is 0 Å². The molecule has 24 heavy (non-hydrogen) atoms. The second kappa shape index (κ2) is 5.21. The van der Waals surface area contributed by atoms with E-state index < -0.39 is 0 Å². The molecule has 0 atom stereocenters. The molecule has 0 N–H and O–H groups in total. The standard InChI is InChI=1S/C24H16/c1-2-8-20-16-21(15-12-17(20)6-1)23-11-5-9-19-14-13-18-7-3-4-10-22(18)24(19)23/h1-16H. The van der Waals surface area contributed by atoms with Crippen molar-refractivity contribution >= 4 is 32.3 Å². The van der Waals surface area contributed by atoms with Gasteiger partial charge in [0.25, 0.3) is 0 Å². The van der Waals surface area contributed by atoms with Crippen LogP contribution in [0.15, 0.2) is 97.1 Å². The third-order valence-corrected chi connectivity index (χ3v) is 4.83. The molecule has 0 saturated heterocycles. The van der Waals surface area contributed by atoms with Crippen molar-refractivity contribution in [3.05, 3.63) is 97.1 Å². The second-order valence-corrected chi connectivity index (χ2v) is 6.25. The number of benzene rings is 5. The monoisotopic (exact) mass is 304 g/mol. The average molecular weight is 304 g/mol. The Labute approximate surface area is 141 Å². The molecule has 0 unspecified atom stereocenters. The van der Waals surface area contributed by atoms with Crippen LogP contribution in [0.3, 0.4) is 0 Å². The molecule has 0 aliphatic rings. The van der Waals surface area contributed by atoms with Crippen LogP contribution >= 0.6 is 0 Å². The van der Waals surface area contributed by atoms with Crippen LogP contribution in [0.4, 0.5) is 0 Å². The largest absolute Gasteiger partial charge is 0.0616 e. The first-order chi connectivity index (χ1) is 11.9. The van der Waals surface area contributed by atoms with E-state index in [4.69, 9.17) is 0 Å². The summed E-state index contributed by atoms with van der Waals surface area (Å²) in [7, 11) is 0. The molecule has 0 nitrogen and oxygen atoms in total. The van der Waals surface area contributed by atoms with Gasteiger partial charge in [-0.2, -0.15) is 0 Å². The molecule has 112 valence electrons. The van der Waals surface area contributed by atoms with Crippen LogP contribution < -0.4 is 0 Å². The van der Waals surface area contributed by atoms with Gasteiger partial charge in [0.15, 0.2) is 0 Å². The lowest BCUT2D eigenvalue weighted by Crippen LogP contribution is -1.84. The summed E-state index contributed by atoms with van der Waals surface area (Å²) in [6, 6.07) is 35.0. The molecular formula is C24H16. The van der Waals surface area contributed by atoms with Gasteiger partial charge < -0.3 is 0 Å². The fourth-order valence-corrected chi connectivity index (χ4v) is 3.66. The molecule has 5 aromatic carbocycles. The maximum atomic E-state index is 2.30. The minimum Gasteiger partial charge on any atom is -0.0616 e. The van der Waals surface area contributed by atoms with E-state index in [0.29, 0.717) is 0 Å². The zero-order chi connectivity index (χ0) is 15.9. The lowest BCUT2D eigenvalue weighted by atomic mass is 9.93. The molecule has 0 amide bonds. The zero-order valence-corrected chi connectivity index (χ0v) is 13.2. The molecule has 0 aliphatic carbocycles. The molecule has 0 bridgehead atoms. The maximum Gasteiger partial charge on any atom is -0.00268 e. The normalized spacial score (nSPS) is 11.3. The van der Waals surface area contributed by atoms with Crippen LogP contribution in [0.5, 0.6) is 0 Å². The first kappa shape index (κ1) is 13.3. The predicted octanol–water partition coefficient (Wildman–Crippen LogP) is 6.81. The minimum atomic E-state index is 1.27. The van der Waals surface area contributed by atoms with Crippen molar-refractivity contribution in [1.29, 1.82) is 0 Å². The Balaban J connectivity index is 1.89. The van der Waals surface area contributed by atoms with Crippen molar-refractivity contribution in [2.24, 2.45) is 0 Å². The van der Waals surface area contributed by atoms with Crippen LogP contribution in [-0.2, 0) is 0 Å². The molecule has 0 radical (unpaired) electrons. The third kappa shape index (κ3) is 2.00. The SMILES string of the molecule is c1ccc2cc(-c3cccc4ccc5ccccc5c34)ccc2c1. The number of hydrogen-bond acceptors (Lipinski definition) is 0. The molecule has 5 aromatic rings. The fraction of sp³-hybridized carbons (Fsp3) is 0. The molecular weight excluding hydrogens is 288 g/mol. The zero-order valence-electron chi connectivity index (χ0n) is 13.2. The Kier molecular flexibility index (Phi) is 2.89. The van der Waals surface area contributed by atoms with Crippen molar-refractivity contribution in [3.8, 4) is 11.1 Å². The second-order valence-electron chi connectivity index (χ2n) is 6.25. The van der Waals surface area contributed by atoms with Crippen LogP contribution in [0, 0.1) is 0 Å². The summed E-state index contributed by atoms with van der Waals surface area (Å²) >= 11 is 0. The molecule has 0 saturated carbocycles. The van der Waals surface area contributed by atoms with E-state index in [9.17, 15) is 0 Å². The predicted molar refractivity (Wildman–Crippen MR) is 104 cm³/mol. The first-order valence-corrected chi connectivity index (χ1v) is 8.30. The molecule has 0 aromatic heterocycles.